The summed E-state index contributed by atoms with van der Waals surface area (Å²) in [5.41, 5.74) is 5.00. The average molecular weight is 357 g/mol. The van der Waals surface area contributed by atoms with Gasteiger partial charge >= 0.3 is 0 Å². The molecule has 27 heavy (non-hydrogen) atoms. The molecular weight excluding hydrogens is 334 g/mol. The van der Waals surface area contributed by atoms with Gasteiger partial charge in [0.1, 0.15) is 11.5 Å². The van der Waals surface area contributed by atoms with Crippen molar-refractivity contribution >= 4 is 22.4 Å². The van der Waals surface area contributed by atoms with Gasteiger partial charge in [-0.1, -0.05) is 48.0 Å². The third-order valence-electron chi connectivity index (χ3n) is 5.48. The molecule has 0 saturated carbocycles. The molecule has 3 heterocycles. The predicted molar refractivity (Wildman–Crippen MR) is 109 cm³/mol. The zero-order valence-corrected chi connectivity index (χ0v) is 15.8. The molecule has 0 N–H and O–H groups in total. The number of piperidine rings is 1. The van der Waals surface area contributed by atoms with Gasteiger partial charge in [0.15, 0.2) is 5.65 Å². The van der Waals surface area contributed by atoms with Crippen LogP contribution in [0.4, 0.5) is 5.82 Å². The van der Waals surface area contributed by atoms with Crippen molar-refractivity contribution in [3.8, 4) is 11.3 Å². The van der Waals surface area contributed by atoms with E-state index >= 15 is 0 Å². The molecule has 1 aliphatic rings. The molecule has 136 valence electrons. The second kappa shape index (κ2) is 6.34. The maximum atomic E-state index is 5.09. The summed E-state index contributed by atoms with van der Waals surface area (Å²) in [5.74, 6) is 1.75. The van der Waals surface area contributed by atoms with E-state index in [1.165, 1.54) is 18.4 Å². The monoisotopic (exact) mass is 357 g/mol. The molecule has 1 atom stereocenters. The fourth-order valence-corrected chi connectivity index (χ4v) is 4.15. The SMILES string of the molecule is Cc1cccc(-c2nnn3c2nc(N2CCCC(C)C2)c2ccccc23)c1. The molecule has 5 rings (SSSR count). The fourth-order valence-electron chi connectivity index (χ4n) is 4.15. The molecule has 0 radical (unpaired) electrons. The normalized spacial score (nSPS) is 17.7. The number of fused-ring (bicyclic) bond motifs is 3. The van der Waals surface area contributed by atoms with E-state index in [1.807, 2.05) is 4.52 Å². The van der Waals surface area contributed by atoms with Crippen LogP contribution in [0.15, 0.2) is 48.5 Å². The minimum Gasteiger partial charge on any atom is -0.356 e. The van der Waals surface area contributed by atoms with Crippen LogP contribution in [-0.4, -0.2) is 32.9 Å². The Kier molecular flexibility index (Phi) is 3.81. The molecule has 1 aliphatic heterocycles. The molecule has 0 bridgehead atoms. The lowest BCUT2D eigenvalue weighted by Crippen LogP contribution is -2.35. The van der Waals surface area contributed by atoms with Crippen molar-refractivity contribution < 1.29 is 0 Å². The first kappa shape index (κ1) is 16.2. The van der Waals surface area contributed by atoms with Crippen LogP contribution in [0.5, 0.6) is 0 Å². The zero-order valence-electron chi connectivity index (χ0n) is 15.8. The number of aromatic nitrogens is 4. The van der Waals surface area contributed by atoms with Crippen LogP contribution in [0.1, 0.15) is 25.3 Å². The van der Waals surface area contributed by atoms with E-state index in [1.54, 1.807) is 0 Å². The van der Waals surface area contributed by atoms with Gasteiger partial charge in [-0.25, -0.2) is 4.98 Å². The lowest BCUT2D eigenvalue weighted by Gasteiger charge is -2.32. The van der Waals surface area contributed by atoms with Gasteiger partial charge in [0.05, 0.1) is 5.52 Å². The smallest absolute Gasteiger partial charge is 0.186 e. The summed E-state index contributed by atoms with van der Waals surface area (Å²) in [7, 11) is 0. The van der Waals surface area contributed by atoms with Gasteiger partial charge in [0, 0.05) is 24.0 Å². The first-order chi connectivity index (χ1) is 13.2. The molecular formula is C22H23N5. The summed E-state index contributed by atoms with van der Waals surface area (Å²) in [6.45, 7) is 6.53. The Balaban J connectivity index is 1.77. The highest BCUT2D eigenvalue weighted by molar-refractivity contribution is 5.93. The van der Waals surface area contributed by atoms with Crippen LogP contribution in [0.3, 0.4) is 0 Å². The number of para-hydroxylation sites is 1. The van der Waals surface area contributed by atoms with Crippen molar-refractivity contribution in [1.82, 2.24) is 19.8 Å². The van der Waals surface area contributed by atoms with E-state index in [-0.39, 0.29) is 0 Å². The number of hydrogen-bond acceptors (Lipinski definition) is 4. The third kappa shape index (κ3) is 2.74. The van der Waals surface area contributed by atoms with Crippen LogP contribution in [0.2, 0.25) is 0 Å². The van der Waals surface area contributed by atoms with Crippen molar-refractivity contribution in [3.63, 3.8) is 0 Å². The van der Waals surface area contributed by atoms with E-state index in [0.717, 1.165) is 46.7 Å². The lowest BCUT2D eigenvalue weighted by atomic mass is 10.00. The standard InChI is InChI=1S/C22H23N5/c1-15-7-5-9-17(13-15)20-22-23-21(26-12-6-8-16(2)14-26)18-10-3-4-11-19(18)27(22)25-24-20/h3-5,7,9-11,13,16H,6,8,12,14H2,1-2H3. The number of benzene rings is 2. The van der Waals surface area contributed by atoms with Crippen LogP contribution in [0, 0.1) is 12.8 Å². The molecule has 1 saturated heterocycles. The zero-order chi connectivity index (χ0) is 18.4. The molecule has 1 unspecified atom stereocenters. The van der Waals surface area contributed by atoms with E-state index in [0.29, 0.717) is 5.92 Å². The minimum atomic E-state index is 0.690. The molecule has 4 aromatic rings. The predicted octanol–water partition coefficient (Wildman–Crippen LogP) is 4.49. The van der Waals surface area contributed by atoms with Gasteiger partial charge in [-0.2, -0.15) is 4.52 Å². The van der Waals surface area contributed by atoms with Gasteiger partial charge < -0.3 is 4.90 Å². The van der Waals surface area contributed by atoms with Crippen LogP contribution in [0.25, 0.3) is 27.8 Å². The average Bonchev–Trinajstić information content (AvgIpc) is 3.11. The molecule has 5 heteroatoms. The molecule has 2 aromatic carbocycles. The lowest BCUT2D eigenvalue weighted by molar-refractivity contribution is 0.445. The number of nitrogens with zero attached hydrogens (tertiary/aromatic N) is 5. The quantitative estimate of drug-likeness (QED) is 0.530. The summed E-state index contributed by atoms with van der Waals surface area (Å²) in [5, 5.41) is 10.1. The van der Waals surface area contributed by atoms with E-state index in [2.05, 4.69) is 77.6 Å². The second-order valence-corrected chi connectivity index (χ2v) is 7.69. The molecule has 5 nitrogen and oxygen atoms in total. The number of hydrogen-bond donors (Lipinski definition) is 0. The Hall–Kier alpha value is -2.95. The molecule has 2 aromatic heterocycles. The second-order valence-electron chi connectivity index (χ2n) is 7.69. The van der Waals surface area contributed by atoms with Gasteiger partial charge in [0.2, 0.25) is 0 Å². The fraction of sp³-hybridized carbons (Fsp3) is 0.318. The van der Waals surface area contributed by atoms with Crippen molar-refractivity contribution in [1.29, 1.82) is 0 Å². The Morgan fingerprint density at radius 2 is 1.96 bits per heavy atom. The van der Waals surface area contributed by atoms with Crippen molar-refractivity contribution in [2.24, 2.45) is 5.92 Å². The largest absolute Gasteiger partial charge is 0.356 e. The summed E-state index contributed by atoms with van der Waals surface area (Å²) in [4.78, 5) is 7.53. The van der Waals surface area contributed by atoms with Gasteiger partial charge in [-0.15, -0.1) is 5.10 Å². The number of anilines is 1. The van der Waals surface area contributed by atoms with Gasteiger partial charge in [-0.05, 0) is 43.9 Å². The van der Waals surface area contributed by atoms with E-state index in [4.69, 9.17) is 4.98 Å². The van der Waals surface area contributed by atoms with Crippen molar-refractivity contribution in [2.75, 3.05) is 18.0 Å². The van der Waals surface area contributed by atoms with Gasteiger partial charge in [0.25, 0.3) is 0 Å². The molecule has 0 aliphatic carbocycles. The Morgan fingerprint density at radius 1 is 1.07 bits per heavy atom. The first-order valence-corrected chi connectivity index (χ1v) is 9.67. The first-order valence-electron chi connectivity index (χ1n) is 9.67. The highest BCUT2D eigenvalue weighted by atomic mass is 15.4. The van der Waals surface area contributed by atoms with Crippen molar-refractivity contribution in [3.05, 3.63) is 54.1 Å². The topological polar surface area (TPSA) is 46.3 Å². The van der Waals surface area contributed by atoms with Crippen molar-refractivity contribution in [2.45, 2.75) is 26.7 Å². The number of rotatable bonds is 2. The highest BCUT2D eigenvalue weighted by Gasteiger charge is 2.22. The summed E-state index contributed by atoms with van der Waals surface area (Å²) < 4.78 is 1.88. The Morgan fingerprint density at radius 3 is 2.81 bits per heavy atom. The third-order valence-corrected chi connectivity index (χ3v) is 5.48. The van der Waals surface area contributed by atoms with Gasteiger partial charge in [-0.3, -0.25) is 0 Å². The van der Waals surface area contributed by atoms with E-state index in [9.17, 15) is 0 Å². The van der Waals surface area contributed by atoms with Crippen LogP contribution < -0.4 is 4.90 Å². The maximum Gasteiger partial charge on any atom is 0.186 e. The maximum absolute atomic E-state index is 5.09. The highest BCUT2D eigenvalue weighted by Crippen LogP contribution is 2.32. The van der Waals surface area contributed by atoms with Crippen LogP contribution in [-0.2, 0) is 0 Å². The number of aryl methyl sites for hydroxylation is 1. The molecule has 0 spiro atoms. The summed E-state index contributed by atoms with van der Waals surface area (Å²) in [6.07, 6.45) is 2.50. The Labute approximate surface area is 158 Å². The molecule has 0 amide bonds. The molecule has 1 fully saturated rings. The summed E-state index contributed by atoms with van der Waals surface area (Å²) >= 11 is 0. The summed E-state index contributed by atoms with van der Waals surface area (Å²) in [6, 6.07) is 16.8. The van der Waals surface area contributed by atoms with E-state index < -0.39 is 0 Å². The minimum absolute atomic E-state index is 0.690. The Bertz CT molecular complexity index is 1130. The van der Waals surface area contributed by atoms with Crippen LogP contribution >= 0.6 is 0 Å².